The van der Waals surface area contributed by atoms with Crippen molar-refractivity contribution in [2.45, 2.75) is 75.0 Å². The number of benzene rings is 2. The number of unbranched alkanes of at least 4 members (excludes halogenated alkanes) is 1. The van der Waals surface area contributed by atoms with E-state index in [1.165, 1.54) is 18.2 Å². The molecule has 0 amide bonds. The first-order chi connectivity index (χ1) is 21.4. The van der Waals surface area contributed by atoms with Gasteiger partial charge in [-0.25, -0.2) is 0 Å². The van der Waals surface area contributed by atoms with Crippen LogP contribution < -0.4 is 4.90 Å². The lowest BCUT2D eigenvalue weighted by molar-refractivity contribution is 0.480. The summed E-state index contributed by atoms with van der Waals surface area (Å²) >= 11 is 0. The van der Waals surface area contributed by atoms with Crippen LogP contribution in [0.3, 0.4) is 0 Å². The molecule has 8 nitrogen and oxygen atoms in total. The Labute approximate surface area is 273 Å². The predicted molar refractivity (Wildman–Crippen MR) is 184 cm³/mol. The molecule has 0 saturated carbocycles. The fourth-order valence-electron chi connectivity index (χ4n) is 5.84. The summed E-state index contributed by atoms with van der Waals surface area (Å²) in [6, 6.07) is 13.1. The van der Waals surface area contributed by atoms with E-state index in [4.69, 9.17) is 0 Å². The Morgan fingerprint density at radius 3 is 2.17 bits per heavy atom. The van der Waals surface area contributed by atoms with Crippen molar-refractivity contribution in [1.29, 1.82) is 0 Å². The van der Waals surface area contributed by atoms with Gasteiger partial charge in [0.25, 0.3) is 20.2 Å². The van der Waals surface area contributed by atoms with Gasteiger partial charge in [-0.15, -0.1) is 0 Å². The second kappa shape index (κ2) is 13.1. The molecule has 1 aromatic heterocycles. The minimum absolute atomic E-state index is 0.134. The Morgan fingerprint density at radius 2 is 1.57 bits per heavy atom. The Morgan fingerprint density at radius 1 is 0.957 bits per heavy atom. The topological polar surface area (TPSA) is 125 Å². The fraction of sp³-hybridized carbons (Fsp3) is 0.306. The van der Waals surface area contributed by atoms with Crippen molar-refractivity contribution in [3.05, 3.63) is 125 Å². The molecule has 1 aliphatic heterocycles. The molecular formula is C36H42N2O6S2. The van der Waals surface area contributed by atoms with Crippen LogP contribution in [0.1, 0.15) is 69.7 Å². The average molecular weight is 663 g/mol. The first-order valence-electron chi connectivity index (χ1n) is 15.1. The highest BCUT2D eigenvalue weighted by Gasteiger charge is 2.40. The first kappa shape index (κ1) is 35.0. The summed E-state index contributed by atoms with van der Waals surface area (Å²) in [6.07, 6.45) is 13.3. The summed E-state index contributed by atoms with van der Waals surface area (Å²) in [5, 5.41) is 0. The van der Waals surface area contributed by atoms with Crippen molar-refractivity contribution in [2.75, 3.05) is 11.4 Å². The first-order valence-corrected chi connectivity index (χ1v) is 18.0. The van der Waals surface area contributed by atoms with Crippen LogP contribution in [0.2, 0.25) is 0 Å². The number of anilines is 1. The Balaban J connectivity index is 1.80. The summed E-state index contributed by atoms with van der Waals surface area (Å²) in [7, 11) is -8.73. The van der Waals surface area contributed by atoms with Crippen molar-refractivity contribution in [3.63, 3.8) is 0 Å². The number of fused-ring (bicyclic) bond motifs is 1. The van der Waals surface area contributed by atoms with E-state index in [2.05, 4.69) is 29.5 Å². The fourth-order valence-corrected chi connectivity index (χ4v) is 6.85. The number of hydrogen-bond acceptors (Lipinski definition) is 6. The smallest absolute Gasteiger partial charge is 0.294 e. The maximum atomic E-state index is 12.0. The quantitative estimate of drug-likeness (QED) is 0.157. The lowest BCUT2D eigenvalue weighted by Gasteiger charge is -2.28. The van der Waals surface area contributed by atoms with Crippen LogP contribution in [0.4, 0.5) is 5.69 Å². The number of allylic oxidation sites excluding steroid dienone is 7. The van der Waals surface area contributed by atoms with Gasteiger partial charge < -0.3 is 4.90 Å². The van der Waals surface area contributed by atoms with Gasteiger partial charge in [0.1, 0.15) is 0 Å². The van der Waals surface area contributed by atoms with E-state index in [0.29, 0.717) is 0 Å². The van der Waals surface area contributed by atoms with E-state index in [1.807, 2.05) is 65.0 Å². The minimum Gasteiger partial charge on any atom is -0.344 e. The lowest BCUT2D eigenvalue weighted by atomic mass is 9.76. The van der Waals surface area contributed by atoms with Crippen LogP contribution in [0.15, 0.2) is 113 Å². The molecule has 244 valence electrons. The average Bonchev–Trinajstić information content (AvgIpc) is 3.20. The van der Waals surface area contributed by atoms with E-state index < -0.39 is 31.1 Å². The van der Waals surface area contributed by atoms with Crippen molar-refractivity contribution in [2.24, 2.45) is 0 Å². The summed E-state index contributed by atoms with van der Waals surface area (Å²) in [6.45, 7) is 17.1. The molecule has 0 fully saturated rings. The number of rotatable bonds is 11. The zero-order valence-corrected chi connectivity index (χ0v) is 28.8. The Kier molecular flexibility index (Phi) is 9.99. The van der Waals surface area contributed by atoms with E-state index in [9.17, 15) is 25.9 Å². The van der Waals surface area contributed by atoms with Gasteiger partial charge in [0.2, 0.25) is 0 Å². The maximum Gasteiger partial charge on any atom is 0.294 e. The molecule has 2 N–H and O–H groups in total. The van der Waals surface area contributed by atoms with Crippen LogP contribution in [-0.2, 0) is 31.1 Å². The van der Waals surface area contributed by atoms with Gasteiger partial charge in [-0.2, -0.15) is 16.8 Å². The van der Waals surface area contributed by atoms with Crippen LogP contribution >= 0.6 is 0 Å². The van der Waals surface area contributed by atoms with Crippen LogP contribution in [0.25, 0.3) is 5.57 Å². The number of aryl methyl sites for hydroxylation is 1. The number of hydrogen-bond donors (Lipinski definition) is 2. The van der Waals surface area contributed by atoms with Gasteiger partial charge >= 0.3 is 0 Å². The molecule has 2 aromatic carbocycles. The second-order valence-corrected chi connectivity index (χ2v) is 15.5. The molecule has 0 aliphatic carbocycles. The summed E-state index contributed by atoms with van der Waals surface area (Å²) in [5.74, 6) is 0. The van der Waals surface area contributed by atoms with Crippen LogP contribution in [0.5, 0.6) is 0 Å². The molecule has 10 heteroatoms. The minimum atomic E-state index is -4.37. The van der Waals surface area contributed by atoms with Gasteiger partial charge in [0.05, 0.1) is 9.79 Å². The van der Waals surface area contributed by atoms with Crippen molar-refractivity contribution < 1.29 is 25.9 Å². The third kappa shape index (κ3) is 7.25. The number of pyridine rings is 1. The molecule has 4 rings (SSSR count). The molecule has 46 heavy (non-hydrogen) atoms. The molecular weight excluding hydrogens is 621 g/mol. The summed E-state index contributed by atoms with van der Waals surface area (Å²) in [5.41, 5.74) is 5.60. The number of nitrogens with zero attached hydrogens (tertiary/aromatic N) is 2. The molecule has 1 aliphatic rings. The number of aromatic nitrogens is 1. The SMILES string of the molecule is C=C(/C=C/C(=C/C=C1/N(CCCC)c2ccc(S(=O)(=O)O)cc2C1(C)C)c1ccncc1)C(C)(C)c1cc(S(=O)(=O)O)ccc1C. The summed E-state index contributed by atoms with van der Waals surface area (Å²) in [4.78, 5) is 6.08. The van der Waals surface area contributed by atoms with E-state index in [1.54, 1.807) is 30.6 Å². The monoisotopic (exact) mass is 662 g/mol. The van der Waals surface area contributed by atoms with Crippen LogP contribution in [-0.4, -0.2) is 37.5 Å². The van der Waals surface area contributed by atoms with E-state index >= 15 is 0 Å². The molecule has 0 bridgehead atoms. The zero-order valence-electron chi connectivity index (χ0n) is 27.1. The third-order valence-corrected chi connectivity index (χ3v) is 10.5. The molecule has 0 saturated heterocycles. The van der Waals surface area contributed by atoms with Gasteiger partial charge in [-0.1, -0.05) is 71.9 Å². The molecule has 0 radical (unpaired) electrons. The zero-order chi connectivity index (χ0) is 34.1. The molecule has 2 heterocycles. The van der Waals surface area contributed by atoms with Gasteiger partial charge in [-0.05, 0) is 95.3 Å². The highest BCUT2D eigenvalue weighted by Crippen LogP contribution is 2.48. The molecule has 0 spiro atoms. The largest absolute Gasteiger partial charge is 0.344 e. The van der Waals surface area contributed by atoms with Crippen molar-refractivity contribution in [1.82, 2.24) is 4.98 Å². The Bertz CT molecular complexity index is 1960. The standard InChI is InChI=1S/C36H42N2O6S2/c1-8-9-22-38-33-16-15-30(46(42,43)44)24-32(33)36(6,7)34(38)17-13-27(28-18-20-37-21-19-28)12-11-26(3)35(4,5)31-23-29(45(39,40)41)14-10-25(31)2/h10-21,23-24H,3,8-9,22H2,1-2,4-7H3,(H,39,40,41)(H,42,43,44)/b12-11+,27-13-,34-17+. The maximum absolute atomic E-state index is 12.0. The van der Waals surface area contributed by atoms with E-state index in [-0.39, 0.29) is 9.79 Å². The van der Waals surface area contributed by atoms with Crippen molar-refractivity contribution >= 4 is 31.5 Å². The van der Waals surface area contributed by atoms with Crippen molar-refractivity contribution in [3.8, 4) is 0 Å². The predicted octanol–water partition coefficient (Wildman–Crippen LogP) is 7.84. The molecule has 0 unspecified atom stereocenters. The highest BCUT2D eigenvalue weighted by atomic mass is 32.2. The molecule has 0 atom stereocenters. The second-order valence-electron chi connectivity index (χ2n) is 12.6. The van der Waals surface area contributed by atoms with Gasteiger partial charge in [-0.3, -0.25) is 14.1 Å². The Hall–Kier alpha value is -3.83. The third-order valence-electron chi connectivity index (χ3n) is 8.78. The van der Waals surface area contributed by atoms with Gasteiger partial charge in [0, 0.05) is 41.2 Å². The highest BCUT2D eigenvalue weighted by molar-refractivity contribution is 7.86. The van der Waals surface area contributed by atoms with Crippen LogP contribution in [0, 0.1) is 6.92 Å². The van der Waals surface area contributed by atoms with E-state index in [0.717, 1.165) is 64.2 Å². The normalized spacial score (nSPS) is 16.3. The summed E-state index contributed by atoms with van der Waals surface area (Å²) < 4.78 is 67.1. The molecule has 3 aromatic rings. The van der Waals surface area contributed by atoms with Gasteiger partial charge in [0.15, 0.2) is 0 Å². The lowest BCUT2D eigenvalue weighted by Crippen LogP contribution is -2.27.